The van der Waals surface area contributed by atoms with Crippen LogP contribution in [0.2, 0.25) is 0 Å². The molecule has 3 amide bonds. The monoisotopic (exact) mass is 326 g/mol. The Morgan fingerprint density at radius 3 is 2.38 bits per heavy atom. The van der Waals surface area contributed by atoms with Crippen molar-refractivity contribution >= 4 is 11.9 Å². The Kier molecular flexibility index (Phi) is 4.09. The molecule has 5 heteroatoms. The molecule has 1 saturated heterocycles. The molecule has 0 saturated carbocycles. The van der Waals surface area contributed by atoms with Crippen LogP contribution in [-0.4, -0.2) is 16.8 Å². The molecule has 1 atom stereocenters. The third kappa shape index (κ3) is 2.56. The second-order valence-corrected chi connectivity index (χ2v) is 6.01. The summed E-state index contributed by atoms with van der Waals surface area (Å²) < 4.78 is 13.2. The van der Waals surface area contributed by atoms with Crippen molar-refractivity contribution in [3.8, 4) is 0 Å². The van der Waals surface area contributed by atoms with E-state index in [-0.39, 0.29) is 18.3 Å². The Bertz CT molecular complexity index is 788. The molecule has 2 aromatic carbocycles. The van der Waals surface area contributed by atoms with Gasteiger partial charge in [-0.3, -0.25) is 9.69 Å². The van der Waals surface area contributed by atoms with Crippen molar-refractivity contribution in [1.29, 1.82) is 0 Å². The average molecular weight is 326 g/mol. The van der Waals surface area contributed by atoms with E-state index in [1.807, 2.05) is 38.1 Å². The number of halogens is 1. The molecule has 124 valence electrons. The van der Waals surface area contributed by atoms with Crippen LogP contribution in [0.5, 0.6) is 0 Å². The summed E-state index contributed by atoms with van der Waals surface area (Å²) in [6.07, 6.45) is 0.396. The van der Waals surface area contributed by atoms with Gasteiger partial charge in [-0.25, -0.2) is 9.18 Å². The highest BCUT2D eigenvalue weighted by Crippen LogP contribution is 2.33. The Hall–Kier alpha value is -2.69. The lowest BCUT2D eigenvalue weighted by molar-refractivity contribution is -0.132. The van der Waals surface area contributed by atoms with Gasteiger partial charge in [-0.15, -0.1) is 0 Å². The molecule has 24 heavy (non-hydrogen) atoms. The highest BCUT2D eigenvalue weighted by atomic mass is 19.1. The number of aryl methyl sites for hydroxylation is 1. The number of carbonyl (C=O) groups excluding carboxylic acids is 2. The minimum Gasteiger partial charge on any atom is -0.319 e. The summed E-state index contributed by atoms with van der Waals surface area (Å²) >= 11 is 0. The SMILES string of the molecule is CC[C@]1(c2ccc(F)cc2)NC(=O)N(Cc2ccccc2C)C1=O. The second-order valence-electron chi connectivity index (χ2n) is 6.01. The number of rotatable bonds is 4. The topological polar surface area (TPSA) is 49.4 Å². The molecule has 1 aliphatic heterocycles. The standard InChI is InChI=1S/C19H19FN2O2/c1-3-19(15-8-10-16(20)11-9-15)17(23)22(18(24)21-19)12-14-7-5-4-6-13(14)2/h4-11H,3,12H2,1-2H3,(H,21,24)/t19-/m1/s1. The van der Waals surface area contributed by atoms with Crippen molar-refractivity contribution < 1.29 is 14.0 Å². The first-order chi connectivity index (χ1) is 11.5. The minimum atomic E-state index is -1.13. The first-order valence-electron chi connectivity index (χ1n) is 7.92. The zero-order valence-electron chi connectivity index (χ0n) is 13.7. The maximum Gasteiger partial charge on any atom is 0.325 e. The van der Waals surface area contributed by atoms with E-state index in [0.29, 0.717) is 12.0 Å². The molecule has 3 rings (SSSR count). The highest BCUT2D eigenvalue weighted by Gasteiger charge is 2.51. The third-order valence-corrected chi connectivity index (χ3v) is 4.63. The first kappa shape index (κ1) is 16.2. The molecule has 1 N–H and O–H groups in total. The van der Waals surface area contributed by atoms with E-state index in [4.69, 9.17) is 0 Å². The van der Waals surface area contributed by atoms with Gasteiger partial charge in [0.25, 0.3) is 5.91 Å². The lowest BCUT2D eigenvalue weighted by atomic mass is 9.87. The molecule has 0 bridgehead atoms. The van der Waals surface area contributed by atoms with Crippen LogP contribution in [-0.2, 0) is 16.9 Å². The number of hydrogen-bond donors (Lipinski definition) is 1. The number of benzene rings is 2. The highest BCUT2D eigenvalue weighted by molar-refractivity contribution is 6.07. The summed E-state index contributed by atoms with van der Waals surface area (Å²) in [7, 11) is 0. The second kappa shape index (κ2) is 6.07. The van der Waals surface area contributed by atoms with Crippen LogP contribution in [0, 0.1) is 12.7 Å². The number of amides is 3. The summed E-state index contributed by atoms with van der Waals surface area (Å²) in [5.74, 6) is -0.677. The van der Waals surface area contributed by atoms with Crippen LogP contribution in [0.15, 0.2) is 48.5 Å². The molecule has 2 aromatic rings. The Labute approximate surface area is 140 Å². The van der Waals surface area contributed by atoms with Crippen LogP contribution >= 0.6 is 0 Å². The Morgan fingerprint density at radius 1 is 1.08 bits per heavy atom. The Morgan fingerprint density at radius 2 is 1.75 bits per heavy atom. The predicted octanol–water partition coefficient (Wildman–Crippen LogP) is 3.49. The van der Waals surface area contributed by atoms with Gasteiger partial charge in [0.15, 0.2) is 0 Å². The first-order valence-corrected chi connectivity index (χ1v) is 7.92. The molecule has 0 spiro atoms. The summed E-state index contributed by atoms with van der Waals surface area (Å²) in [6, 6.07) is 12.9. The summed E-state index contributed by atoms with van der Waals surface area (Å²) in [4.78, 5) is 26.7. The van der Waals surface area contributed by atoms with Gasteiger partial charge < -0.3 is 5.32 Å². The molecule has 0 aromatic heterocycles. The molecular weight excluding hydrogens is 307 g/mol. The number of nitrogens with zero attached hydrogens (tertiary/aromatic N) is 1. The van der Waals surface area contributed by atoms with Gasteiger partial charge in [-0.05, 0) is 42.2 Å². The fraction of sp³-hybridized carbons (Fsp3) is 0.263. The van der Waals surface area contributed by atoms with Crippen LogP contribution in [0.3, 0.4) is 0 Å². The van der Waals surface area contributed by atoms with Gasteiger partial charge >= 0.3 is 6.03 Å². The number of urea groups is 1. The number of nitrogens with one attached hydrogen (secondary N) is 1. The average Bonchev–Trinajstić information content (AvgIpc) is 2.82. The number of carbonyl (C=O) groups is 2. The van der Waals surface area contributed by atoms with Crippen molar-refractivity contribution in [3.05, 3.63) is 71.0 Å². The fourth-order valence-electron chi connectivity index (χ4n) is 3.10. The molecule has 0 aliphatic carbocycles. The van der Waals surface area contributed by atoms with Gasteiger partial charge in [0, 0.05) is 0 Å². The molecule has 1 aliphatic rings. The fourth-order valence-corrected chi connectivity index (χ4v) is 3.10. The van der Waals surface area contributed by atoms with E-state index in [0.717, 1.165) is 11.1 Å². The van der Waals surface area contributed by atoms with Gasteiger partial charge in [0.1, 0.15) is 11.4 Å². The lowest BCUT2D eigenvalue weighted by Gasteiger charge is -2.26. The summed E-state index contributed by atoms with van der Waals surface area (Å²) in [5, 5.41) is 2.81. The van der Waals surface area contributed by atoms with E-state index in [1.165, 1.54) is 17.0 Å². The normalized spacial score (nSPS) is 20.4. The van der Waals surface area contributed by atoms with Crippen molar-refractivity contribution in [1.82, 2.24) is 10.2 Å². The zero-order chi connectivity index (χ0) is 17.3. The van der Waals surface area contributed by atoms with E-state index < -0.39 is 11.6 Å². The van der Waals surface area contributed by atoms with Crippen LogP contribution in [0.1, 0.15) is 30.0 Å². The molecular formula is C19H19FN2O2. The van der Waals surface area contributed by atoms with E-state index in [9.17, 15) is 14.0 Å². The van der Waals surface area contributed by atoms with E-state index in [2.05, 4.69) is 5.32 Å². The van der Waals surface area contributed by atoms with Crippen molar-refractivity contribution in [2.45, 2.75) is 32.4 Å². The third-order valence-electron chi connectivity index (χ3n) is 4.63. The van der Waals surface area contributed by atoms with Crippen LogP contribution in [0.4, 0.5) is 9.18 Å². The van der Waals surface area contributed by atoms with E-state index >= 15 is 0 Å². The molecule has 0 unspecified atom stereocenters. The summed E-state index contributed by atoms with van der Waals surface area (Å²) in [5.41, 5.74) is 1.41. The van der Waals surface area contributed by atoms with Gasteiger partial charge in [0.05, 0.1) is 6.54 Å². The van der Waals surface area contributed by atoms with Crippen molar-refractivity contribution in [2.24, 2.45) is 0 Å². The maximum atomic E-state index is 13.2. The quantitative estimate of drug-likeness (QED) is 0.874. The Balaban J connectivity index is 1.95. The summed E-state index contributed by atoms with van der Waals surface area (Å²) in [6.45, 7) is 4.00. The lowest BCUT2D eigenvalue weighted by Crippen LogP contribution is -2.43. The van der Waals surface area contributed by atoms with Gasteiger partial charge in [-0.2, -0.15) is 0 Å². The number of imide groups is 1. The van der Waals surface area contributed by atoms with Crippen molar-refractivity contribution in [2.75, 3.05) is 0 Å². The van der Waals surface area contributed by atoms with Crippen molar-refractivity contribution in [3.63, 3.8) is 0 Å². The van der Waals surface area contributed by atoms with Gasteiger partial charge in [-0.1, -0.05) is 43.3 Å². The molecule has 1 heterocycles. The van der Waals surface area contributed by atoms with Gasteiger partial charge in [0.2, 0.25) is 0 Å². The molecule has 4 nitrogen and oxygen atoms in total. The maximum absolute atomic E-state index is 13.2. The van der Waals surface area contributed by atoms with Crippen LogP contribution < -0.4 is 5.32 Å². The molecule has 1 fully saturated rings. The minimum absolute atomic E-state index is 0.223. The predicted molar refractivity (Wildman–Crippen MR) is 88.6 cm³/mol. The number of hydrogen-bond acceptors (Lipinski definition) is 2. The zero-order valence-corrected chi connectivity index (χ0v) is 13.7. The molecule has 0 radical (unpaired) electrons. The van der Waals surface area contributed by atoms with E-state index in [1.54, 1.807) is 12.1 Å². The largest absolute Gasteiger partial charge is 0.325 e. The van der Waals surface area contributed by atoms with Crippen LogP contribution in [0.25, 0.3) is 0 Å². The smallest absolute Gasteiger partial charge is 0.319 e.